The lowest BCUT2D eigenvalue weighted by atomic mass is 9.49. The topological polar surface area (TPSA) is 68.5 Å². The van der Waals surface area contributed by atoms with Crippen LogP contribution in [-0.4, -0.2) is 34.0 Å². The molecular weight excluding hydrogens is 340 g/mol. The Bertz CT molecular complexity index is 746. The molecule has 1 aromatic rings. The van der Waals surface area contributed by atoms with Crippen LogP contribution >= 0.6 is 0 Å². The van der Waals surface area contributed by atoms with Crippen LogP contribution in [0.4, 0.5) is 0 Å². The summed E-state index contributed by atoms with van der Waals surface area (Å²) >= 11 is 0. The number of carbonyl (C=O) groups excluding carboxylic acids is 1. The molecule has 4 fully saturated rings. The van der Waals surface area contributed by atoms with E-state index in [9.17, 15) is 4.79 Å². The summed E-state index contributed by atoms with van der Waals surface area (Å²) in [7, 11) is 0. The Morgan fingerprint density at radius 3 is 2.52 bits per heavy atom. The number of carbonyl (C=O) groups is 1. The van der Waals surface area contributed by atoms with Crippen molar-refractivity contribution in [2.45, 2.75) is 71.4 Å². The van der Waals surface area contributed by atoms with Gasteiger partial charge in [0.2, 0.25) is 6.10 Å². The lowest BCUT2D eigenvalue weighted by molar-refractivity contribution is -0.133. The Morgan fingerprint density at radius 2 is 1.93 bits per heavy atom. The third-order valence-corrected chi connectivity index (χ3v) is 7.48. The Balaban J connectivity index is 1.19. The van der Waals surface area contributed by atoms with Gasteiger partial charge in [-0.05, 0) is 75.5 Å². The maximum atomic E-state index is 12.7. The van der Waals surface area contributed by atoms with Gasteiger partial charge in [-0.1, -0.05) is 5.16 Å². The summed E-state index contributed by atoms with van der Waals surface area (Å²) in [5.74, 6) is 2.71. The quantitative estimate of drug-likeness (QED) is 0.866. The van der Waals surface area contributed by atoms with Crippen molar-refractivity contribution in [2.24, 2.45) is 28.3 Å². The molecule has 0 radical (unpaired) electrons. The van der Waals surface area contributed by atoms with Gasteiger partial charge in [0.05, 0.1) is 11.9 Å². The molecule has 1 N–H and O–H groups in total. The Labute approximate surface area is 160 Å². The Kier molecular flexibility index (Phi) is 4.06. The van der Waals surface area contributed by atoms with E-state index < -0.39 is 6.10 Å². The Morgan fingerprint density at radius 1 is 1.26 bits per heavy atom. The number of aryl methyl sites for hydroxylation is 1. The number of hydrogen-bond acceptors (Lipinski definition) is 4. The van der Waals surface area contributed by atoms with Gasteiger partial charge in [-0.3, -0.25) is 9.48 Å². The second-order valence-electron chi connectivity index (χ2n) is 9.43. The fraction of sp³-hybridized carbons (Fsp3) is 0.762. The van der Waals surface area contributed by atoms with Crippen LogP contribution in [0.5, 0.6) is 0 Å². The first-order chi connectivity index (χ1) is 13.0. The summed E-state index contributed by atoms with van der Waals surface area (Å²) in [6.45, 7) is 5.75. The maximum absolute atomic E-state index is 12.7. The van der Waals surface area contributed by atoms with Crippen LogP contribution in [-0.2, 0) is 16.2 Å². The van der Waals surface area contributed by atoms with Crippen molar-refractivity contribution >= 4 is 11.6 Å². The zero-order valence-electron chi connectivity index (χ0n) is 16.4. The SMILES string of the molecule is CCn1ncc(C2=NO[C@H](C(=O)NCC34CC5CC(CC(C5)C3)C4)C2)c1C. The van der Waals surface area contributed by atoms with E-state index in [1.165, 1.54) is 38.5 Å². The van der Waals surface area contributed by atoms with E-state index in [0.29, 0.717) is 11.8 Å². The summed E-state index contributed by atoms with van der Waals surface area (Å²) in [4.78, 5) is 18.2. The maximum Gasteiger partial charge on any atom is 0.264 e. The summed E-state index contributed by atoms with van der Waals surface area (Å²) in [6, 6.07) is 0. The predicted octanol–water partition coefficient (Wildman–Crippen LogP) is 3.04. The molecule has 1 atom stereocenters. The van der Waals surface area contributed by atoms with Gasteiger partial charge in [-0.2, -0.15) is 5.10 Å². The van der Waals surface area contributed by atoms with E-state index >= 15 is 0 Å². The third kappa shape index (κ3) is 2.97. The van der Waals surface area contributed by atoms with Crippen LogP contribution < -0.4 is 5.32 Å². The van der Waals surface area contributed by atoms with Crippen molar-refractivity contribution in [1.82, 2.24) is 15.1 Å². The molecule has 2 heterocycles. The molecule has 1 aliphatic heterocycles. The molecule has 6 nitrogen and oxygen atoms in total. The third-order valence-electron chi connectivity index (χ3n) is 7.48. The molecular formula is C21H30N4O2. The van der Waals surface area contributed by atoms with Gasteiger partial charge in [0.15, 0.2) is 0 Å². The average molecular weight is 370 g/mol. The molecule has 4 bridgehead atoms. The normalized spacial score (nSPS) is 36.6. The monoisotopic (exact) mass is 370 g/mol. The Hall–Kier alpha value is -1.85. The van der Waals surface area contributed by atoms with Crippen molar-refractivity contribution in [2.75, 3.05) is 6.54 Å². The summed E-state index contributed by atoms with van der Waals surface area (Å²) in [6.07, 6.45) is 10.1. The molecule has 0 saturated heterocycles. The second-order valence-corrected chi connectivity index (χ2v) is 9.43. The van der Waals surface area contributed by atoms with E-state index in [-0.39, 0.29) is 5.91 Å². The molecule has 1 aromatic heterocycles. The van der Waals surface area contributed by atoms with E-state index in [1.54, 1.807) is 0 Å². The number of oxime groups is 1. The van der Waals surface area contributed by atoms with Crippen molar-refractivity contribution in [1.29, 1.82) is 0 Å². The lowest BCUT2D eigenvalue weighted by Crippen LogP contribution is -2.52. The summed E-state index contributed by atoms with van der Waals surface area (Å²) in [5.41, 5.74) is 3.26. The second kappa shape index (κ2) is 6.35. The van der Waals surface area contributed by atoms with Gasteiger partial charge in [-0.25, -0.2) is 0 Å². The van der Waals surface area contributed by atoms with Crippen molar-refractivity contribution < 1.29 is 9.63 Å². The number of amides is 1. The molecule has 0 unspecified atom stereocenters. The van der Waals surface area contributed by atoms with Crippen molar-refractivity contribution in [3.8, 4) is 0 Å². The highest BCUT2D eigenvalue weighted by atomic mass is 16.6. The number of hydrogen-bond donors (Lipinski definition) is 1. The molecule has 6 rings (SSSR count). The standard InChI is InChI=1S/C21H30N4O2/c1-3-25-13(2)17(11-23-25)18-7-19(27-24-18)20(26)22-12-21-8-14-4-15(9-21)6-16(5-14)10-21/h11,14-16,19H,3-10,12H2,1-2H3,(H,22,26)/t14?,15?,16?,19-,21?/m0/s1. The zero-order valence-corrected chi connectivity index (χ0v) is 16.4. The van der Waals surface area contributed by atoms with Gasteiger partial charge < -0.3 is 10.2 Å². The molecule has 4 aliphatic carbocycles. The van der Waals surface area contributed by atoms with E-state index in [2.05, 4.69) is 22.5 Å². The first kappa shape index (κ1) is 17.3. The first-order valence-electron chi connectivity index (χ1n) is 10.6. The van der Waals surface area contributed by atoms with E-state index in [0.717, 1.165) is 47.8 Å². The van der Waals surface area contributed by atoms with Crippen molar-refractivity contribution in [3.05, 3.63) is 17.5 Å². The van der Waals surface area contributed by atoms with Gasteiger partial charge in [0, 0.05) is 30.8 Å². The fourth-order valence-electron chi connectivity index (χ4n) is 6.62. The van der Waals surface area contributed by atoms with Crippen LogP contribution in [0.15, 0.2) is 11.4 Å². The number of rotatable bonds is 5. The van der Waals surface area contributed by atoms with Crippen LogP contribution in [0.2, 0.25) is 0 Å². The largest absolute Gasteiger partial charge is 0.382 e. The first-order valence-corrected chi connectivity index (χ1v) is 10.6. The molecule has 1 amide bonds. The van der Waals surface area contributed by atoms with E-state index in [4.69, 9.17) is 4.84 Å². The van der Waals surface area contributed by atoms with Crippen LogP contribution in [0.25, 0.3) is 0 Å². The molecule has 4 saturated carbocycles. The van der Waals surface area contributed by atoms with Gasteiger partial charge >= 0.3 is 0 Å². The summed E-state index contributed by atoms with van der Waals surface area (Å²) < 4.78 is 1.94. The molecule has 27 heavy (non-hydrogen) atoms. The molecule has 6 heteroatoms. The minimum Gasteiger partial charge on any atom is -0.382 e. The smallest absolute Gasteiger partial charge is 0.264 e. The summed E-state index contributed by atoms with van der Waals surface area (Å²) in [5, 5.41) is 11.8. The minimum absolute atomic E-state index is 0.00923. The van der Waals surface area contributed by atoms with Crippen LogP contribution in [0.3, 0.4) is 0 Å². The highest BCUT2D eigenvalue weighted by Crippen LogP contribution is 2.59. The van der Waals surface area contributed by atoms with Crippen molar-refractivity contribution in [3.63, 3.8) is 0 Å². The molecule has 0 aromatic carbocycles. The fourth-order valence-corrected chi connectivity index (χ4v) is 6.62. The van der Waals surface area contributed by atoms with Gasteiger partial charge in [-0.15, -0.1) is 0 Å². The van der Waals surface area contributed by atoms with E-state index in [1.807, 2.05) is 17.8 Å². The molecule has 5 aliphatic rings. The minimum atomic E-state index is -0.502. The van der Waals surface area contributed by atoms with Crippen LogP contribution in [0, 0.1) is 30.1 Å². The van der Waals surface area contributed by atoms with Crippen LogP contribution in [0.1, 0.15) is 63.1 Å². The average Bonchev–Trinajstić information content (AvgIpc) is 3.25. The highest BCUT2D eigenvalue weighted by molar-refractivity contribution is 6.04. The van der Waals surface area contributed by atoms with Gasteiger partial charge in [0.25, 0.3) is 5.91 Å². The lowest BCUT2D eigenvalue weighted by Gasteiger charge is -2.56. The molecule has 146 valence electrons. The van der Waals surface area contributed by atoms with Gasteiger partial charge in [0.1, 0.15) is 0 Å². The molecule has 0 spiro atoms. The highest BCUT2D eigenvalue weighted by Gasteiger charge is 2.51. The predicted molar refractivity (Wildman–Crippen MR) is 102 cm³/mol. The number of nitrogens with one attached hydrogen (secondary N) is 1. The zero-order chi connectivity index (χ0) is 18.6. The number of nitrogens with zero attached hydrogens (tertiary/aromatic N) is 3. The number of aromatic nitrogens is 2.